The zero-order valence-electron chi connectivity index (χ0n) is 15.3. The highest BCUT2D eigenvalue weighted by molar-refractivity contribution is 5.23. The van der Waals surface area contributed by atoms with Crippen molar-refractivity contribution in [1.82, 2.24) is 9.80 Å². The molecule has 0 heterocycles. The van der Waals surface area contributed by atoms with E-state index < -0.39 is 0 Å². The van der Waals surface area contributed by atoms with Crippen LogP contribution in [0.3, 0.4) is 0 Å². The smallest absolute Gasteiger partial charge is 0.0793 e. The first kappa shape index (κ1) is 18.7. The molecular weight excluding hydrogens is 296 g/mol. The summed E-state index contributed by atoms with van der Waals surface area (Å²) in [5.41, 5.74) is 3.83. The molecule has 0 spiro atoms. The van der Waals surface area contributed by atoms with E-state index in [-0.39, 0.29) is 6.10 Å². The van der Waals surface area contributed by atoms with Crippen molar-refractivity contribution in [3.05, 3.63) is 71.3 Å². The normalized spacial score (nSPS) is 14.1. The van der Waals surface area contributed by atoms with Gasteiger partial charge in [0, 0.05) is 25.7 Å². The lowest BCUT2D eigenvalue weighted by atomic mass is 10.1. The molecule has 0 aliphatic heterocycles. The summed E-state index contributed by atoms with van der Waals surface area (Å²) in [5, 5.41) is 10.4. The molecule has 2 unspecified atom stereocenters. The van der Waals surface area contributed by atoms with Crippen LogP contribution in [0.25, 0.3) is 0 Å². The molecule has 0 fully saturated rings. The summed E-state index contributed by atoms with van der Waals surface area (Å²) in [6, 6.07) is 19.3. The quantitative estimate of drug-likeness (QED) is 0.804. The van der Waals surface area contributed by atoms with Gasteiger partial charge in [-0.15, -0.1) is 0 Å². The average molecular weight is 326 g/mol. The van der Waals surface area contributed by atoms with E-state index in [0.29, 0.717) is 19.1 Å². The van der Waals surface area contributed by atoms with Gasteiger partial charge in [-0.25, -0.2) is 0 Å². The van der Waals surface area contributed by atoms with Crippen LogP contribution >= 0.6 is 0 Å². The Hall–Kier alpha value is -1.68. The fraction of sp³-hybridized carbons (Fsp3) is 0.429. The first-order valence-electron chi connectivity index (χ1n) is 8.63. The van der Waals surface area contributed by atoms with E-state index in [2.05, 4.69) is 86.3 Å². The zero-order valence-corrected chi connectivity index (χ0v) is 15.3. The monoisotopic (exact) mass is 326 g/mol. The molecule has 2 atom stereocenters. The van der Waals surface area contributed by atoms with Crippen LogP contribution in [0.1, 0.15) is 29.7 Å². The van der Waals surface area contributed by atoms with Crippen molar-refractivity contribution in [1.29, 1.82) is 0 Å². The van der Waals surface area contributed by atoms with Crippen molar-refractivity contribution < 1.29 is 5.11 Å². The van der Waals surface area contributed by atoms with Crippen molar-refractivity contribution in [3.8, 4) is 0 Å². The van der Waals surface area contributed by atoms with E-state index in [4.69, 9.17) is 0 Å². The number of hydrogen-bond donors (Lipinski definition) is 1. The molecule has 0 aliphatic rings. The summed E-state index contributed by atoms with van der Waals surface area (Å²) in [5.74, 6) is 0. The van der Waals surface area contributed by atoms with Gasteiger partial charge in [-0.3, -0.25) is 9.80 Å². The number of aliphatic hydroxyl groups excluding tert-OH is 1. The van der Waals surface area contributed by atoms with Gasteiger partial charge >= 0.3 is 0 Å². The molecule has 0 amide bonds. The third-order valence-electron chi connectivity index (χ3n) is 4.54. The predicted molar refractivity (Wildman–Crippen MR) is 101 cm³/mol. The van der Waals surface area contributed by atoms with Crippen molar-refractivity contribution in [2.45, 2.75) is 32.5 Å². The van der Waals surface area contributed by atoms with Crippen LogP contribution in [0, 0.1) is 6.92 Å². The third kappa shape index (κ3) is 5.75. The van der Waals surface area contributed by atoms with Crippen molar-refractivity contribution >= 4 is 0 Å². The number of benzene rings is 2. The number of aliphatic hydroxyl groups is 1. The molecule has 130 valence electrons. The topological polar surface area (TPSA) is 26.7 Å². The molecule has 24 heavy (non-hydrogen) atoms. The second kappa shape index (κ2) is 8.97. The van der Waals surface area contributed by atoms with Crippen molar-refractivity contribution in [2.24, 2.45) is 0 Å². The molecule has 0 radical (unpaired) electrons. The Labute approximate surface area is 146 Å². The predicted octanol–water partition coefficient (Wildman–Crippen LogP) is 3.48. The number of hydrogen-bond acceptors (Lipinski definition) is 3. The summed E-state index contributed by atoms with van der Waals surface area (Å²) in [6.45, 7) is 6.47. The minimum absolute atomic E-state index is 0.291. The maximum absolute atomic E-state index is 10.4. The van der Waals surface area contributed by atoms with Crippen LogP contribution in [-0.4, -0.2) is 48.2 Å². The van der Waals surface area contributed by atoms with E-state index in [1.165, 1.54) is 16.7 Å². The van der Waals surface area contributed by atoms with Gasteiger partial charge in [-0.2, -0.15) is 0 Å². The maximum atomic E-state index is 10.4. The highest BCUT2D eigenvalue weighted by atomic mass is 16.3. The first-order chi connectivity index (χ1) is 11.5. The minimum atomic E-state index is -0.364. The maximum Gasteiger partial charge on any atom is 0.0793 e. The van der Waals surface area contributed by atoms with Crippen LogP contribution in [0.4, 0.5) is 0 Å². The standard InChI is InChI=1S/C21H30N2O/c1-17-10-12-20(13-11-17)18(2)23(4)16-21(24)15-22(3)14-19-8-6-5-7-9-19/h5-13,18,21,24H,14-16H2,1-4H3. The fourth-order valence-electron chi connectivity index (χ4n) is 2.97. The fourth-order valence-corrected chi connectivity index (χ4v) is 2.97. The van der Waals surface area contributed by atoms with Gasteiger partial charge in [0.15, 0.2) is 0 Å². The summed E-state index contributed by atoms with van der Waals surface area (Å²) in [4.78, 5) is 4.38. The second-order valence-electron chi connectivity index (χ2n) is 6.86. The molecule has 0 aliphatic carbocycles. The number of nitrogens with zero attached hydrogens (tertiary/aromatic N) is 2. The van der Waals surface area contributed by atoms with Gasteiger partial charge in [-0.05, 0) is 39.1 Å². The van der Waals surface area contributed by atoms with Crippen LogP contribution < -0.4 is 0 Å². The summed E-state index contributed by atoms with van der Waals surface area (Å²) in [6.07, 6.45) is -0.364. The molecule has 1 N–H and O–H groups in total. The van der Waals surface area contributed by atoms with Crippen LogP contribution in [0.5, 0.6) is 0 Å². The summed E-state index contributed by atoms with van der Waals surface area (Å²) < 4.78 is 0. The van der Waals surface area contributed by atoms with Gasteiger partial charge in [-0.1, -0.05) is 60.2 Å². The van der Waals surface area contributed by atoms with Gasteiger partial charge in [0.2, 0.25) is 0 Å². The molecule has 0 saturated carbocycles. The molecule has 2 aromatic rings. The lowest BCUT2D eigenvalue weighted by molar-refractivity contribution is 0.0767. The van der Waals surface area contributed by atoms with Crippen LogP contribution in [0.2, 0.25) is 0 Å². The Morgan fingerprint density at radius 1 is 0.917 bits per heavy atom. The Morgan fingerprint density at radius 2 is 1.54 bits per heavy atom. The zero-order chi connectivity index (χ0) is 17.5. The van der Waals surface area contributed by atoms with Crippen molar-refractivity contribution in [2.75, 3.05) is 27.2 Å². The Kier molecular flexibility index (Phi) is 6.98. The molecule has 0 aromatic heterocycles. The highest BCUT2D eigenvalue weighted by Gasteiger charge is 2.16. The average Bonchev–Trinajstić information content (AvgIpc) is 2.55. The van der Waals surface area contributed by atoms with Crippen molar-refractivity contribution in [3.63, 3.8) is 0 Å². The van der Waals surface area contributed by atoms with E-state index >= 15 is 0 Å². The van der Waals surface area contributed by atoms with E-state index in [1.807, 2.05) is 6.07 Å². The lowest BCUT2D eigenvalue weighted by Gasteiger charge is -2.29. The van der Waals surface area contributed by atoms with Gasteiger partial charge < -0.3 is 5.11 Å². The Morgan fingerprint density at radius 3 is 2.17 bits per heavy atom. The van der Waals surface area contributed by atoms with E-state index in [9.17, 15) is 5.11 Å². The Bertz CT molecular complexity index is 597. The SMILES string of the molecule is Cc1ccc(C(C)N(C)CC(O)CN(C)Cc2ccccc2)cc1. The van der Waals surface area contributed by atoms with E-state index in [1.54, 1.807) is 0 Å². The molecular formula is C21H30N2O. The molecule has 3 nitrogen and oxygen atoms in total. The van der Waals surface area contributed by atoms with Gasteiger partial charge in [0.05, 0.1) is 6.10 Å². The summed E-state index contributed by atoms with van der Waals surface area (Å²) >= 11 is 0. The molecule has 2 rings (SSSR count). The van der Waals surface area contributed by atoms with E-state index in [0.717, 1.165) is 6.54 Å². The summed E-state index contributed by atoms with van der Waals surface area (Å²) in [7, 11) is 4.13. The third-order valence-corrected chi connectivity index (χ3v) is 4.54. The van der Waals surface area contributed by atoms with Gasteiger partial charge in [0.25, 0.3) is 0 Å². The minimum Gasteiger partial charge on any atom is -0.390 e. The highest BCUT2D eigenvalue weighted by Crippen LogP contribution is 2.19. The molecule has 3 heteroatoms. The number of aryl methyl sites for hydroxylation is 1. The lowest BCUT2D eigenvalue weighted by Crippen LogP contribution is -2.38. The number of likely N-dealkylation sites (N-methyl/N-ethyl adjacent to an activating group) is 2. The Balaban J connectivity index is 1.82. The molecule has 0 bridgehead atoms. The molecule has 0 saturated heterocycles. The second-order valence-corrected chi connectivity index (χ2v) is 6.86. The molecule has 2 aromatic carbocycles. The number of rotatable bonds is 8. The van der Waals surface area contributed by atoms with Crippen LogP contribution in [-0.2, 0) is 6.54 Å². The van der Waals surface area contributed by atoms with Crippen LogP contribution in [0.15, 0.2) is 54.6 Å². The van der Waals surface area contributed by atoms with Gasteiger partial charge in [0.1, 0.15) is 0 Å². The largest absolute Gasteiger partial charge is 0.390 e. The first-order valence-corrected chi connectivity index (χ1v) is 8.63.